The first-order valence-corrected chi connectivity index (χ1v) is 0.816. The van der Waals surface area contributed by atoms with Crippen LogP contribution in [0.3, 0.4) is 0 Å². The van der Waals surface area contributed by atoms with Crippen molar-refractivity contribution in [2.24, 2.45) is 0 Å². The van der Waals surface area contributed by atoms with Crippen molar-refractivity contribution < 1.29 is 56.1 Å². The Morgan fingerprint density at radius 1 is 1.25 bits per heavy atom. The van der Waals surface area contributed by atoms with E-state index in [-0.39, 0.29) is 51.4 Å². The number of hydrogen-bond donors (Lipinski definition) is 0. The van der Waals surface area contributed by atoms with Crippen molar-refractivity contribution in [3.8, 4) is 0 Å². The molecule has 0 radical (unpaired) electrons. The average molecular weight is 85.2 g/mol. The molecule has 0 fully saturated rings. The molecule has 0 aromatic carbocycles. The minimum absolute atomic E-state index is 0. The maximum Gasteiger partial charge on any atom is 1.00 e. The average Bonchev–Trinajstić information content (AvgIpc) is 0.918. The molecule has 0 amide bonds. The molecule has 0 aromatic heterocycles. The molecule has 0 atom stereocenters. The van der Waals surface area contributed by atoms with Crippen molar-refractivity contribution >= 4 is 0 Å². The van der Waals surface area contributed by atoms with Gasteiger partial charge in [-0.15, -0.1) is 0 Å². The Labute approximate surface area is 69.1 Å². The van der Waals surface area contributed by atoms with Crippen LogP contribution in [0, 0.1) is 0 Å². The van der Waals surface area contributed by atoms with E-state index in [4.69, 9.17) is 0 Å². The van der Waals surface area contributed by atoms with Gasteiger partial charge in [0.1, 0.15) is 0 Å². The quantitative estimate of drug-likeness (QED) is 0.290. The van der Waals surface area contributed by atoms with E-state index in [2.05, 4.69) is 4.74 Å². The summed E-state index contributed by atoms with van der Waals surface area (Å²) in [6.07, 6.45) is 0. The van der Waals surface area contributed by atoms with Gasteiger partial charge in [0.05, 0.1) is 0 Å². The van der Waals surface area contributed by atoms with Gasteiger partial charge in [0.15, 0.2) is 0 Å². The van der Waals surface area contributed by atoms with E-state index >= 15 is 0 Å². The monoisotopic (exact) mass is 85.0 g/mol. The van der Waals surface area contributed by atoms with Gasteiger partial charge in [-0.3, -0.25) is 0 Å². The van der Waals surface area contributed by atoms with Crippen molar-refractivity contribution in [3.63, 3.8) is 0 Å². The molecule has 0 saturated carbocycles. The fourth-order valence-corrected chi connectivity index (χ4v) is 0. The van der Waals surface area contributed by atoms with E-state index in [9.17, 15) is 0 Å². The summed E-state index contributed by atoms with van der Waals surface area (Å²) >= 11 is 0. The third-order valence-corrected chi connectivity index (χ3v) is 0. The molecule has 4 heavy (non-hydrogen) atoms. The normalized spacial score (nSPS) is 4.50. The molecular weight excluding hydrogens is 79.1 g/mol. The second kappa shape index (κ2) is 8.82. The molecule has 0 aromatic rings. The maximum atomic E-state index is 4.25. The van der Waals surface area contributed by atoms with Gasteiger partial charge in [-0.2, -0.15) is 0 Å². The second-order valence-corrected chi connectivity index (χ2v) is 0.408. The fraction of sp³-hybridized carbons (Fsp3) is 1.00. The molecule has 0 aliphatic heterocycles. The summed E-state index contributed by atoms with van der Waals surface area (Å²) < 4.78 is 4.25. The Hall–Kier alpha value is 1.60. The molecule has 0 aliphatic carbocycles. The molecule has 0 rings (SSSR count). The molecule has 0 N–H and O–H groups in total. The first-order chi connectivity index (χ1) is 1.41. The number of hydrogen-bond acceptors (Lipinski definition) is 1. The van der Waals surface area contributed by atoms with Crippen molar-refractivity contribution in [1.82, 2.24) is 0 Å². The van der Waals surface area contributed by atoms with E-state index in [0.29, 0.717) is 0 Å². The molecule has 0 aliphatic rings. The summed E-state index contributed by atoms with van der Waals surface area (Å²) in [5.41, 5.74) is 0. The van der Waals surface area contributed by atoms with Gasteiger partial charge in [-0.05, 0) is 0 Å². The third-order valence-electron chi connectivity index (χ3n) is 0. The van der Waals surface area contributed by atoms with Crippen LogP contribution in [0.4, 0.5) is 0 Å². The predicted molar refractivity (Wildman–Crippen MR) is 12.9 cm³/mol. The summed E-state index contributed by atoms with van der Waals surface area (Å²) in [6, 6.07) is 0. The number of rotatable bonds is 0. The molecule has 0 saturated heterocycles. The standard InChI is InChI=1S/C2H6O.K/c1-3-2;/h1-2H3;/q;+1. The zero-order valence-electron chi connectivity index (χ0n) is 3.41. The van der Waals surface area contributed by atoms with Crippen LogP contribution in [0.1, 0.15) is 0 Å². The maximum absolute atomic E-state index is 4.25. The summed E-state index contributed by atoms with van der Waals surface area (Å²) in [5.74, 6) is 0. The minimum Gasteiger partial charge on any atom is -0.388 e. The van der Waals surface area contributed by atoms with Crippen LogP contribution in [-0.2, 0) is 4.74 Å². The van der Waals surface area contributed by atoms with Gasteiger partial charge in [-0.25, -0.2) is 0 Å². The minimum atomic E-state index is 0. The smallest absolute Gasteiger partial charge is 0.388 e. The van der Waals surface area contributed by atoms with Crippen molar-refractivity contribution in [1.29, 1.82) is 0 Å². The molecule has 0 heterocycles. The van der Waals surface area contributed by atoms with E-state index in [1.807, 2.05) is 0 Å². The SMILES string of the molecule is COC.[K+]. The van der Waals surface area contributed by atoms with E-state index in [1.54, 1.807) is 14.2 Å². The van der Waals surface area contributed by atoms with Crippen LogP contribution in [0.2, 0.25) is 0 Å². The van der Waals surface area contributed by atoms with E-state index < -0.39 is 0 Å². The van der Waals surface area contributed by atoms with Gasteiger partial charge in [-0.1, -0.05) is 0 Å². The molecule has 0 unspecified atom stereocenters. The largest absolute Gasteiger partial charge is 1.00 e. The fourth-order valence-electron chi connectivity index (χ4n) is 0. The zero-order valence-corrected chi connectivity index (χ0v) is 6.53. The Balaban J connectivity index is 0. The van der Waals surface area contributed by atoms with E-state index in [1.165, 1.54) is 0 Å². The number of methoxy groups -OCH3 is 1. The topological polar surface area (TPSA) is 9.23 Å². The van der Waals surface area contributed by atoms with Gasteiger partial charge < -0.3 is 4.74 Å². The summed E-state index contributed by atoms with van der Waals surface area (Å²) in [4.78, 5) is 0. The first kappa shape index (κ1) is 9.14. The van der Waals surface area contributed by atoms with Gasteiger partial charge in [0.25, 0.3) is 0 Å². The van der Waals surface area contributed by atoms with Crippen LogP contribution in [0.15, 0.2) is 0 Å². The molecule has 2 heteroatoms. The Bertz CT molecular complexity index is 6.00. The van der Waals surface area contributed by atoms with Crippen LogP contribution >= 0.6 is 0 Å². The van der Waals surface area contributed by atoms with Crippen LogP contribution in [-0.4, -0.2) is 14.2 Å². The first-order valence-electron chi connectivity index (χ1n) is 0.816. The number of ether oxygens (including phenoxy) is 1. The van der Waals surface area contributed by atoms with Crippen LogP contribution < -0.4 is 51.4 Å². The second-order valence-electron chi connectivity index (χ2n) is 0.408. The summed E-state index contributed by atoms with van der Waals surface area (Å²) in [6.45, 7) is 0. The third kappa shape index (κ3) is 9.51. The molecular formula is C2H6KO+. The summed E-state index contributed by atoms with van der Waals surface area (Å²) in [5, 5.41) is 0. The molecule has 0 bridgehead atoms. The van der Waals surface area contributed by atoms with Crippen LogP contribution in [0.5, 0.6) is 0 Å². The Morgan fingerprint density at radius 3 is 1.25 bits per heavy atom. The summed E-state index contributed by atoms with van der Waals surface area (Å²) in [7, 11) is 3.25. The van der Waals surface area contributed by atoms with Crippen molar-refractivity contribution in [3.05, 3.63) is 0 Å². The predicted octanol–water partition coefficient (Wildman–Crippen LogP) is -2.73. The zero-order chi connectivity index (χ0) is 2.71. The van der Waals surface area contributed by atoms with Gasteiger partial charge in [0, 0.05) is 14.2 Å². The molecule has 20 valence electrons. The van der Waals surface area contributed by atoms with Crippen LogP contribution in [0.25, 0.3) is 0 Å². The van der Waals surface area contributed by atoms with Crippen molar-refractivity contribution in [2.45, 2.75) is 0 Å². The van der Waals surface area contributed by atoms with E-state index in [0.717, 1.165) is 0 Å². The van der Waals surface area contributed by atoms with Gasteiger partial charge in [0.2, 0.25) is 0 Å². The van der Waals surface area contributed by atoms with Gasteiger partial charge >= 0.3 is 51.4 Å². The van der Waals surface area contributed by atoms with Crippen molar-refractivity contribution in [2.75, 3.05) is 14.2 Å². The Kier molecular flexibility index (Phi) is 20.2. The molecule has 0 spiro atoms. The molecule has 1 nitrogen and oxygen atoms in total. The Morgan fingerprint density at radius 2 is 1.25 bits per heavy atom.